The Hall–Kier alpha value is -2.39. The lowest BCUT2D eigenvalue weighted by Crippen LogP contribution is -2.49. The third-order valence-corrected chi connectivity index (χ3v) is 7.21. The molecule has 2 aliphatic heterocycles. The lowest BCUT2D eigenvalue weighted by atomic mass is 9.83. The van der Waals surface area contributed by atoms with Crippen molar-refractivity contribution in [1.29, 1.82) is 0 Å². The Labute approximate surface area is 191 Å². The first-order chi connectivity index (χ1) is 15.7. The number of carbonyl (C=O) groups is 1. The summed E-state index contributed by atoms with van der Waals surface area (Å²) in [5, 5.41) is 7.49. The first-order valence-corrected chi connectivity index (χ1v) is 11.6. The first kappa shape index (κ1) is 22.4. The van der Waals surface area contributed by atoms with Gasteiger partial charge in [0.2, 0.25) is 0 Å². The normalized spacial score (nSPS) is 20.6. The van der Waals surface area contributed by atoms with Gasteiger partial charge in [-0.25, -0.2) is 0 Å². The molecule has 0 unspecified atom stereocenters. The number of aryl methyl sites for hydroxylation is 1. The van der Waals surface area contributed by atoms with E-state index in [1.165, 1.54) is 12.8 Å². The van der Waals surface area contributed by atoms with E-state index in [1.807, 2.05) is 11.7 Å². The maximum atomic E-state index is 12.8. The molecule has 1 aromatic carbocycles. The van der Waals surface area contributed by atoms with E-state index >= 15 is 0 Å². The van der Waals surface area contributed by atoms with Gasteiger partial charge >= 0.3 is 6.18 Å². The van der Waals surface area contributed by atoms with E-state index in [-0.39, 0.29) is 11.5 Å². The molecule has 1 saturated heterocycles. The number of amides is 1. The van der Waals surface area contributed by atoms with Gasteiger partial charge in [-0.15, -0.1) is 0 Å². The number of hydrogen-bond acceptors (Lipinski definition) is 4. The second-order valence-electron chi connectivity index (χ2n) is 9.67. The maximum Gasteiger partial charge on any atom is 0.416 e. The molecule has 0 atom stereocenters. The number of alkyl halides is 3. The van der Waals surface area contributed by atoms with Gasteiger partial charge in [0.05, 0.1) is 17.8 Å². The standard InChI is InChI=1S/C24H29F3N4O2/c1-30-20-12-23(33-15-19(20)21(29-30)22(32)28-13-16-2-3-16)8-10-31(11-9-23)14-17-4-6-18(7-5-17)24(25,26)27/h4-7,16H,2-3,8-15H2,1H3,(H,28,32). The Bertz CT molecular complexity index is 1020. The number of piperidine rings is 1. The largest absolute Gasteiger partial charge is 0.416 e. The summed E-state index contributed by atoms with van der Waals surface area (Å²) in [6, 6.07) is 5.41. The van der Waals surface area contributed by atoms with Crippen LogP contribution in [0.1, 0.15) is 58.6 Å². The van der Waals surface area contributed by atoms with Gasteiger partial charge in [-0.1, -0.05) is 12.1 Å². The Morgan fingerprint density at radius 2 is 1.91 bits per heavy atom. The second-order valence-corrected chi connectivity index (χ2v) is 9.67. The molecule has 1 aromatic heterocycles. The average molecular weight is 463 g/mol. The number of likely N-dealkylation sites (tertiary alicyclic amines) is 1. The number of nitrogens with one attached hydrogen (secondary N) is 1. The molecule has 0 radical (unpaired) electrons. The van der Waals surface area contributed by atoms with Gasteiger partial charge in [0.25, 0.3) is 5.91 Å². The van der Waals surface area contributed by atoms with Crippen LogP contribution in [0.15, 0.2) is 24.3 Å². The molecule has 1 N–H and O–H groups in total. The monoisotopic (exact) mass is 462 g/mol. The molecule has 178 valence electrons. The summed E-state index contributed by atoms with van der Waals surface area (Å²) in [4.78, 5) is 14.9. The predicted octanol–water partition coefficient (Wildman–Crippen LogP) is 3.69. The van der Waals surface area contributed by atoms with E-state index in [1.54, 1.807) is 12.1 Å². The summed E-state index contributed by atoms with van der Waals surface area (Å²) >= 11 is 0. The van der Waals surface area contributed by atoms with Crippen LogP contribution < -0.4 is 5.32 Å². The fourth-order valence-electron chi connectivity index (χ4n) is 4.88. The molecule has 1 spiro atoms. The summed E-state index contributed by atoms with van der Waals surface area (Å²) < 4.78 is 46.5. The highest BCUT2D eigenvalue weighted by molar-refractivity contribution is 5.94. The fraction of sp³-hybridized carbons (Fsp3) is 0.583. The van der Waals surface area contributed by atoms with Crippen molar-refractivity contribution >= 4 is 5.91 Å². The molecule has 0 bridgehead atoms. The minimum atomic E-state index is -4.31. The Morgan fingerprint density at radius 1 is 1.21 bits per heavy atom. The lowest BCUT2D eigenvalue weighted by molar-refractivity contribution is -0.137. The van der Waals surface area contributed by atoms with Crippen LogP contribution in [-0.4, -0.2) is 45.8 Å². The van der Waals surface area contributed by atoms with Crippen LogP contribution >= 0.6 is 0 Å². The minimum Gasteiger partial charge on any atom is -0.370 e. The van der Waals surface area contributed by atoms with Crippen molar-refractivity contribution in [2.75, 3.05) is 19.6 Å². The van der Waals surface area contributed by atoms with Crippen molar-refractivity contribution in [2.45, 2.75) is 57.0 Å². The van der Waals surface area contributed by atoms with Gasteiger partial charge in [-0.2, -0.15) is 18.3 Å². The third-order valence-electron chi connectivity index (χ3n) is 7.21. The zero-order chi connectivity index (χ0) is 23.2. The van der Waals surface area contributed by atoms with E-state index in [0.717, 1.165) is 61.3 Å². The molecule has 5 rings (SSSR count). The van der Waals surface area contributed by atoms with Crippen LogP contribution in [0.4, 0.5) is 13.2 Å². The zero-order valence-corrected chi connectivity index (χ0v) is 18.7. The Balaban J connectivity index is 1.19. The van der Waals surface area contributed by atoms with Gasteiger partial charge in [0.1, 0.15) is 0 Å². The van der Waals surface area contributed by atoms with E-state index in [4.69, 9.17) is 4.74 Å². The number of carbonyl (C=O) groups excluding carboxylic acids is 1. The van der Waals surface area contributed by atoms with Crippen molar-refractivity contribution in [3.05, 3.63) is 52.3 Å². The lowest BCUT2D eigenvalue weighted by Gasteiger charge is -2.44. The summed E-state index contributed by atoms with van der Waals surface area (Å²) in [6.45, 7) is 3.33. The minimum absolute atomic E-state index is 0.121. The predicted molar refractivity (Wildman–Crippen MR) is 115 cm³/mol. The highest BCUT2D eigenvalue weighted by Gasteiger charge is 2.42. The van der Waals surface area contributed by atoms with Crippen molar-refractivity contribution in [3.63, 3.8) is 0 Å². The summed E-state index contributed by atoms with van der Waals surface area (Å²) in [6.07, 6.45) is 0.444. The smallest absolute Gasteiger partial charge is 0.370 e. The number of hydrogen-bond donors (Lipinski definition) is 1. The third kappa shape index (κ3) is 4.80. The number of halogens is 3. The highest BCUT2D eigenvalue weighted by atomic mass is 19.4. The topological polar surface area (TPSA) is 59.4 Å². The molecular weight excluding hydrogens is 433 g/mol. The van der Waals surface area contributed by atoms with Gasteiger partial charge < -0.3 is 10.1 Å². The van der Waals surface area contributed by atoms with Crippen LogP contribution in [0.25, 0.3) is 0 Å². The Morgan fingerprint density at radius 3 is 2.55 bits per heavy atom. The molecular formula is C24H29F3N4O2. The molecule has 3 heterocycles. The van der Waals surface area contributed by atoms with Gasteiger partial charge in [-0.3, -0.25) is 14.4 Å². The number of rotatable bonds is 5. The van der Waals surface area contributed by atoms with Crippen LogP contribution in [0.5, 0.6) is 0 Å². The van der Waals surface area contributed by atoms with Crippen LogP contribution in [0, 0.1) is 5.92 Å². The number of benzene rings is 1. The average Bonchev–Trinajstić information content (AvgIpc) is 3.57. The molecule has 2 fully saturated rings. The number of ether oxygens (including phenoxy) is 1. The summed E-state index contributed by atoms with van der Waals surface area (Å²) in [5.41, 5.74) is 2.41. The van der Waals surface area contributed by atoms with E-state index < -0.39 is 11.7 Å². The number of nitrogens with zero attached hydrogens (tertiary/aromatic N) is 3. The quantitative estimate of drug-likeness (QED) is 0.737. The highest BCUT2D eigenvalue weighted by Crippen LogP contribution is 2.38. The molecule has 1 aliphatic carbocycles. The van der Waals surface area contributed by atoms with Crippen LogP contribution in [-0.2, 0) is 37.5 Å². The molecule has 33 heavy (non-hydrogen) atoms. The van der Waals surface area contributed by atoms with Gasteiger partial charge in [0.15, 0.2) is 5.69 Å². The number of fused-ring (bicyclic) bond motifs is 1. The molecule has 6 nitrogen and oxygen atoms in total. The maximum absolute atomic E-state index is 12.8. The second kappa shape index (κ2) is 8.43. The summed E-state index contributed by atoms with van der Waals surface area (Å²) in [7, 11) is 1.88. The van der Waals surface area contributed by atoms with E-state index in [0.29, 0.717) is 31.3 Å². The zero-order valence-electron chi connectivity index (χ0n) is 18.7. The summed E-state index contributed by atoms with van der Waals surface area (Å²) in [5.74, 6) is 0.491. The Kier molecular flexibility index (Phi) is 5.73. The van der Waals surface area contributed by atoms with Crippen molar-refractivity contribution in [1.82, 2.24) is 20.0 Å². The number of aromatic nitrogens is 2. The van der Waals surface area contributed by atoms with Crippen molar-refractivity contribution in [2.24, 2.45) is 13.0 Å². The first-order valence-electron chi connectivity index (χ1n) is 11.6. The van der Waals surface area contributed by atoms with E-state index in [9.17, 15) is 18.0 Å². The molecule has 1 saturated carbocycles. The van der Waals surface area contributed by atoms with Crippen molar-refractivity contribution < 1.29 is 22.7 Å². The fourth-order valence-corrected chi connectivity index (χ4v) is 4.88. The SMILES string of the molecule is Cn1nc(C(=O)NCC2CC2)c2c1CC1(CCN(Cc3ccc(C(F)(F)F)cc3)CC1)OC2. The van der Waals surface area contributed by atoms with Crippen LogP contribution in [0.2, 0.25) is 0 Å². The molecule has 3 aliphatic rings. The van der Waals surface area contributed by atoms with E-state index in [2.05, 4.69) is 15.3 Å². The van der Waals surface area contributed by atoms with Gasteiger partial charge in [0, 0.05) is 50.9 Å². The van der Waals surface area contributed by atoms with Crippen LogP contribution in [0.3, 0.4) is 0 Å². The molecule has 9 heteroatoms. The van der Waals surface area contributed by atoms with Gasteiger partial charge in [-0.05, 0) is 49.3 Å². The molecule has 2 aromatic rings. The molecule has 1 amide bonds. The van der Waals surface area contributed by atoms with Crippen molar-refractivity contribution in [3.8, 4) is 0 Å².